The number of aliphatic carboxylic acids is 1. The molecule has 1 unspecified atom stereocenters. The summed E-state index contributed by atoms with van der Waals surface area (Å²) in [4.78, 5) is 76.3. The Bertz CT molecular complexity index is 1420. The van der Waals surface area contributed by atoms with E-state index in [1.807, 2.05) is 0 Å². The van der Waals surface area contributed by atoms with E-state index < -0.39 is 69.0 Å². The van der Waals surface area contributed by atoms with Crippen molar-refractivity contribution >= 4 is 57.6 Å². The first-order valence-electron chi connectivity index (χ1n) is 11.8. The maximum absolute atomic E-state index is 13.4. The molecule has 18 heteroatoms. The van der Waals surface area contributed by atoms with Crippen molar-refractivity contribution in [3.8, 4) is 0 Å². The second-order valence-electron chi connectivity index (χ2n) is 8.98. The van der Waals surface area contributed by atoms with Crippen LogP contribution in [0.2, 0.25) is 0 Å². The Morgan fingerprint density at radius 3 is 2.37 bits per heavy atom. The molecule has 0 saturated carbocycles. The molecule has 1 aromatic carbocycles. The molecule has 41 heavy (non-hydrogen) atoms. The minimum atomic E-state index is -3.90. The molecule has 2 N–H and O–H groups in total. The van der Waals surface area contributed by atoms with Gasteiger partial charge in [-0.15, -0.1) is 11.8 Å². The van der Waals surface area contributed by atoms with Crippen molar-refractivity contribution in [2.75, 3.05) is 31.7 Å². The van der Waals surface area contributed by atoms with Crippen LogP contribution in [0.25, 0.3) is 0 Å². The number of thioether (sulfide) groups is 1. The van der Waals surface area contributed by atoms with Crippen LogP contribution in [0.4, 0.5) is 9.59 Å². The standard InChI is InChI=1S/C23H25N5O10S2.Na/c1-12(29)38-10-14-11-39-20-16(19(31)28(20)17(14)21(32)33)24-18(30)15(13-6-4-3-5-7-13)25-22(34)26-8-9-27(23(26)35)40(2,36)37;/h3-7,15-16,20H,8-11H2,1-2H3,(H,24,30)(H,25,34)(H,32,33);/q;+1/p-1/t15-,16?,20-;/m1./s1. The van der Waals surface area contributed by atoms with Crippen molar-refractivity contribution in [2.24, 2.45) is 0 Å². The molecule has 3 heterocycles. The molecule has 0 aliphatic carbocycles. The number of ether oxygens (including phenoxy) is 1. The van der Waals surface area contributed by atoms with E-state index in [0.717, 1.165) is 29.8 Å². The first-order chi connectivity index (χ1) is 18.8. The Hall–Kier alpha value is -3.12. The van der Waals surface area contributed by atoms with Crippen LogP contribution in [-0.2, 0) is 33.9 Å². The minimum absolute atomic E-state index is 0. The number of fused-ring (bicyclic) bond motifs is 1. The fourth-order valence-corrected chi connectivity index (χ4v) is 6.49. The zero-order valence-electron chi connectivity index (χ0n) is 22.2. The van der Waals surface area contributed by atoms with Crippen LogP contribution in [0.1, 0.15) is 18.5 Å². The van der Waals surface area contributed by atoms with Gasteiger partial charge in [0.15, 0.2) is 0 Å². The zero-order valence-corrected chi connectivity index (χ0v) is 25.8. The number of hydrogen-bond acceptors (Lipinski definition) is 11. The predicted molar refractivity (Wildman–Crippen MR) is 135 cm³/mol. The van der Waals surface area contributed by atoms with Crippen molar-refractivity contribution in [3.63, 3.8) is 0 Å². The van der Waals surface area contributed by atoms with Crippen molar-refractivity contribution in [1.29, 1.82) is 0 Å². The SMILES string of the molecule is CC(=O)OCC1=C(C(=O)[O-])N2C(=O)C(NC(=O)[C@H](NC(=O)N3CCN(S(C)(=O)=O)C3=O)c3ccccc3)[C@H]2SC1.[Na+]. The molecule has 15 nitrogen and oxygen atoms in total. The van der Waals surface area contributed by atoms with E-state index in [1.165, 1.54) is 12.1 Å². The van der Waals surface area contributed by atoms with Crippen molar-refractivity contribution in [1.82, 2.24) is 24.7 Å². The predicted octanol–water partition coefficient (Wildman–Crippen LogP) is -4.89. The molecule has 214 valence electrons. The number of carboxylic acid groups (broad SMARTS) is 1. The van der Waals surface area contributed by atoms with Crippen LogP contribution in [0.15, 0.2) is 41.6 Å². The van der Waals surface area contributed by atoms with Gasteiger partial charge in [0.2, 0.25) is 15.9 Å². The largest absolute Gasteiger partial charge is 1.00 e. The third-order valence-corrected chi connectivity index (χ3v) is 8.75. The number of hydrogen-bond donors (Lipinski definition) is 2. The molecular weight excluding hydrogens is 593 g/mol. The van der Waals surface area contributed by atoms with Gasteiger partial charge >= 0.3 is 47.6 Å². The first-order valence-corrected chi connectivity index (χ1v) is 14.7. The summed E-state index contributed by atoms with van der Waals surface area (Å²) in [5, 5.41) is 16.0. The number of nitrogens with zero attached hydrogens (tertiary/aromatic N) is 3. The quantitative estimate of drug-likeness (QED) is 0.161. The smallest absolute Gasteiger partial charge is 0.543 e. The van der Waals surface area contributed by atoms with E-state index in [9.17, 15) is 42.3 Å². The average molecular weight is 618 g/mol. The third-order valence-electron chi connectivity index (χ3n) is 6.27. The van der Waals surface area contributed by atoms with Gasteiger partial charge in [-0.2, -0.15) is 0 Å². The summed E-state index contributed by atoms with van der Waals surface area (Å²) in [7, 11) is -3.90. The second kappa shape index (κ2) is 12.8. The zero-order chi connectivity index (χ0) is 29.4. The number of amides is 6. The summed E-state index contributed by atoms with van der Waals surface area (Å²) in [6.45, 7) is 0.338. The Labute approximate surface area is 260 Å². The Morgan fingerprint density at radius 1 is 1.15 bits per heavy atom. The topological polar surface area (TPSA) is 203 Å². The monoisotopic (exact) mass is 617 g/mol. The number of carbonyl (C=O) groups excluding carboxylic acids is 6. The molecule has 2 fully saturated rings. The van der Waals surface area contributed by atoms with E-state index in [1.54, 1.807) is 18.2 Å². The van der Waals surface area contributed by atoms with Crippen LogP contribution in [0.5, 0.6) is 0 Å². The van der Waals surface area contributed by atoms with Crippen LogP contribution >= 0.6 is 11.8 Å². The van der Waals surface area contributed by atoms with Gasteiger partial charge in [0.25, 0.3) is 5.91 Å². The summed E-state index contributed by atoms with van der Waals surface area (Å²) >= 11 is 1.14. The van der Waals surface area contributed by atoms with E-state index in [2.05, 4.69) is 10.6 Å². The van der Waals surface area contributed by atoms with Gasteiger partial charge in [0, 0.05) is 18.2 Å². The first kappa shape index (κ1) is 32.4. The number of carboxylic acids is 1. The summed E-state index contributed by atoms with van der Waals surface area (Å²) in [6, 6.07) is 3.29. The van der Waals surface area contributed by atoms with Gasteiger partial charge in [-0.05, 0) is 5.56 Å². The molecule has 0 radical (unpaired) electrons. The van der Waals surface area contributed by atoms with Crippen molar-refractivity contribution in [2.45, 2.75) is 24.4 Å². The number of β-lactam (4-membered cyclic amide) rings is 1. The van der Waals surface area contributed by atoms with Crippen molar-refractivity contribution < 1.29 is 76.6 Å². The number of sulfonamides is 1. The van der Waals surface area contributed by atoms with E-state index in [4.69, 9.17) is 4.74 Å². The van der Waals surface area contributed by atoms with Gasteiger partial charge in [0.1, 0.15) is 24.1 Å². The van der Waals surface area contributed by atoms with Crippen LogP contribution in [0.3, 0.4) is 0 Å². The molecule has 2 saturated heterocycles. The molecule has 6 amide bonds. The number of urea groups is 2. The number of carbonyl (C=O) groups is 6. The summed E-state index contributed by atoms with van der Waals surface area (Å²) < 4.78 is 29.0. The Balaban J connectivity index is 0.00000462. The van der Waals surface area contributed by atoms with Gasteiger partial charge < -0.3 is 25.3 Å². The van der Waals surface area contributed by atoms with E-state index in [0.29, 0.717) is 14.8 Å². The minimum Gasteiger partial charge on any atom is -0.543 e. The number of imide groups is 1. The van der Waals surface area contributed by atoms with Crippen LogP contribution in [-0.4, -0.2) is 101 Å². The Morgan fingerprint density at radius 2 is 1.80 bits per heavy atom. The van der Waals surface area contributed by atoms with E-state index in [-0.39, 0.29) is 60.6 Å². The van der Waals surface area contributed by atoms with Crippen LogP contribution < -0.4 is 45.3 Å². The van der Waals surface area contributed by atoms with Crippen molar-refractivity contribution in [3.05, 3.63) is 47.2 Å². The summed E-state index contributed by atoms with van der Waals surface area (Å²) in [5.41, 5.74) is 0.0395. The van der Waals surface area contributed by atoms with Gasteiger partial charge in [-0.25, -0.2) is 27.2 Å². The Kier molecular flexibility index (Phi) is 10.1. The maximum atomic E-state index is 13.4. The van der Waals surface area contributed by atoms with Gasteiger partial charge in [0.05, 0.1) is 31.0 Å². The van der Waals surface area contributed by atoms with Gasteiger partial charge in [-0.3, -0.25) is 19.3 Å². The summed E-state index contributed by atoms with van der Waals surface area (Å²) in [6.07, 6.45) is 0.828. The molecular formula is C23H24N5NaO10S2. The third kappa shape index (κ3) is 6.69. The van der Waals surface area contributed by atoms with E-state index >= 15 is 0 Å². The molecule has 3 aliphatic rings. The number of esters is 1. The second-order valence-corrected chi connectivity index (χ2v) is 12.0. The summed E-state index contributed by atoms with van der Waals surface area (Å²) in [5.74, 6) is -3.76. The van der Waals surface area contributed by atoms with Gasteiger partial charge in [-0.1, -0.05) is 30.3 Å². The maximum Gasteiger partial charge on any atom is 1.00 e. The molecule has 3 aliphatic heterocycles. The normalized spacial score (nSPS) is 20.9. The number of nitrogens with one attached hydrogen (secondary N) is 2. The number of benzene rings is 1. The fourth-order valence-electron chi connectivity index (χ4n) is 4.37. The molecule has 4 rings (SSSR count). The molecule has 0 spiro atoms. The molecule has 0 bridgehead atoms. The molecule has 1 aromatic rings. The van der Waals surface area contributed by atoms with Crippen LogP contribution in [0, 0.1) is 0 Å². The fraction of sp³-hybridized carbons (Fsp3) is 0.391. The average Bonchev–Trinajstić information content (AvgIpc) is 3.30. The molecule has 3 atom stereocenters. The number of rotatable bonds is 8. The molecule has 0 aromatic heterocycles.